The molecule has 1 aromatic carbocycles. The Balaban J connectivity index is 2.56. The summed E-state index contributed by atoms with van der Waals surface area (Å²) in [5.74, 6) is -2.47. The molecular weight excluding hydrogens is 208 g/mol. The molecule has 0 aromatic heterocycles. The summed E-state index contributed by atoms with van der Waals surface area (Å²) < 4.78 is 0. The van der Waals surface area contributed by atoms with Crippen molar-refractivity contribution in [2.45, 2.75) is 6.10 Å². The number of aliphatic hydroxyl groups is 1. The van der Waals surface area contributed by atoms with Crippen LogP contribution in [0.15, 0.2) is 24.3 Å². The number of nitrogens with two attached hydrogens (primary N) is 1. The van der Waals surface area contributed by atoms with Crippen molar-refractivity contribution in [2.75, 3.05) is 11.9 Å². The van der Waals surface area contributed by atoms with Gasteiger partial charge in [0, 0.05) is 18.3 Å². The lowest BCUT2D eigenvalue weighted by Crippen LogP contribution is -2.47. The van der Waals surface area contributed by atoms with Gasteiger partial charge in [-0.2, -0.15) is 0 Å². The van der Waals surface area contributed by atoms with E-state index in [4.69, 9.17) is 5.73 Å². The molecule has 1 aromatic rings. The summed E-state index contributed by atoms with van der Waals surface area (Å²) in [5.41, 5.74) is 6.28. The number of aliphatic hydroxyl groups excluding tert-OH is 1. The Morgan fingerprint density at radius 1 is 1.44 bits per heavy atom. The van der Waals surface area contributed by atoms with Crippen molar-refractivity contribution in [3.05, 3.63) is 29.8 Å². The van der Waals surface area contributed by atoms with E-state index in [2.05, 4.69) is 0 Å². The smallest absolute Gasteiger partial charge is 0.242 e. The lowest BCUT2D eigenvalue weighted by atomic mass is 9.88. The maximum Gasteiger partial charge on any atom is 0.242 e. The Hall–Kier alpha value is -1.88. The number of nitrogens with zero attached hydrogens (tertiary/aromatic N) is 1. The molecule has 2 atom stereocenters. The second kappa shape index (κ2) is 3.61. The molecule has 0 spiro atoms. The summed E-state index contributed by atoms with van der Waals surface area (Å²) in [5, 5.41) is 9.93. The zero-order chi connectivity index (χ0) is 11.9. The van der Waals surface area contributed by atoms with Crippen molar-refractivity contribution in [3.63, 3.8) is 0 Å². The Bertz CT molecular complexity index is 458. The second-order valence-corrected chi connectivity index (χ2v) is 3.78. The standard InChI is InChI=1S/C11H12N2O3/c1-13-7-5-3-2-4-6(7)9(14)8(10(12)15)11(13)16/h2-5,8-9,14H,1H3,(H2,12,15). The van der Waals surface area contributed by atoms with Crippen LogP contribution in [0, 0.1) is 5.92 Å². The van der Waals surface area contributed by atoms with E-state index in [1.54, 1.807) is 31.3 Å². The average molecular weight is 220 g/mol. The van der Waals surface area contributed by atoms with Crippen LogP contribution in [-0.4, -0.2) is 24.0 Å². The molecule has 2 unspecified atom stereocenters. The lowest BCUT2D eigenvalue weighted by molar-refractivity contribution is -0.137. The normalized spacial score (nSPS) is 24.1. The van der Waals surface area contributed by atoms with Crippen LogP contribution in [0.25, 0.3) is 0 Å². The molecule has 3 N–H and O–H groups in total. The maximum absolute atomic E-state index is 11.8. The molecule has 1 aliphatic heterocycles. The van der Waals surface area contributed by atoms with Gasteiger partial charge in [0.1, 0.15) is 12.0 Å². The third kappa shape index (κ3) is 1.37. The molecule has 1 aliphatic rings. The van der Waals surface area contributed by atoms with Gasteiger partial charge in [0.05, 0.1) is 0 Å². The summed E-state index contributed by atoms with van der Waals surface area (Å²) in [4.78, 5) is 24.3. The summed E-state index contributed by atoms with van der Waals surface area (Å²) in [7, 11) is 1.56. The zero-order valence-corrected chi connectivity index (χ0v) is 8.75. The average Bonchev–Trinajstić information content (AvgIpc) is 2.26. The summed E-state index contributed by atoms with van der Waals surface area (Å²) in [6, 6.07) is 6.90. The third-order valence-electron chi connectivity index (χ3n) is 2.84. The number of hydrogen-bond acceptors (Lipinski definition) is 3. The number of rotatable bonds is 1. The van der Waals surface area contributed by atoms with E-state index < -0.39 is 23.8 Å². The van der Waals surface area contributed by atoms with Crippen molar-refractivity contribution in [1.29, 1.82) is 0 Å². The van der Waals surface area contributed by atoms with Crippen LogP contribution < -0.4 is 10.6 Å². The minimum Gasteiger partial charge on any atom is -0.387 e. The van der Waals surface area contributed by atoms with E-state index >= 15 is 0 Å². The topological polar surface area (TPSA) is 83.6 Å². The van der Waals surface area contributed by atoms with Gasteiger partial charge in [-0.25, -0.2) is 0 Å². The Morgan fingerprint density at radius 2 is 2.06 bits per heavy atom. The molecule has 0 bridgehead atoms. The van der Waals surface area contributed by atoms with E-state index in [0.717, 1.165) is 0 Å². The zero-order valence-electron chi connectivity index (χ0n) is 8.75. The van der Waals surface area contributed by atoms with E-state index in [1.807, 2.05) is 0 Å². The van der Waals surface area contributed by atoms with Gasteiger partial charge in [-0.15, -0.1) is 0 Å². The number of hydrogen-bond donors (Lipinski definition) is 2. The Morgan fingerprint density at radius 3 is 2.69 bits per heavy atom. The first kappa shape index (κ1) is 10.6. The van der Waals surface area contributed by atoms with Gasteiger partial charge in [0.2, 0.25) is 11.8 Å². The van der Waals surface area contributed by atoms with Gasteiger partial charge in [0.25, 0.3) is 0 Å². The number of anilines is 1. The molecule has 0 fully saturated rings. The molecule has 5 heteroatoms. The molecule has 0 aliphatic carbocycles. The highest BCUT2D eigenvalue weighted by Gasteiger charge is 2.41. The maximum atomic E-state index is 11.8. The molecule has 16 heavy (non-hydrogen) atoms. The molecule has 5 nitrogen and oxygen atoms in total. The number of fused-ring (bicyclic) bond motifs is 1. The van der Waals surface area contributed by atoms with Crippen molar-refractivity contribution < 1.29 is 14.7 Å². The molecule has 2 amide bonds. The Kier molecular flexibility index (Phi) is 2.40. The number of carbonyl (C=O) groups is 2. The number of benzene rings is 1. The van der Waals surface area contributed by atoms with Crippen LogP contribution in [-0.2, 0) is 9.59 Å². The quantitative estimate of drug-likeness (QED) is 0.643. The van der Waals surface area contributed by atoms with Gasteiger partial charge >= 0.3 is 0 Å². The first-order valence-corrected chi connectivity index (χ1v) is 4.88. The molecule has 2 rings (SSSR count). The third-order valence-corrected chi connectivity index (χ3v) is 2.84. The molecule has 84 valence electrons. The number of para-hydroxylation sites is 1. The minimum absolute atomic E-state index is 0.473. The van der Waals surface area contributed by atoms with Gasteiger partial charge in [-0.05, 0) is 6.07 Å². The van der Waals surface area contributed by atoms with Gasteiger partial charge in [-0.1, -0.05) is 18.2 Å². The molecular formula is C11H12N2O3. The van der Waals surface area contributed by atoms with Crippen LogP contribution in [0.1, 0.15) is 11.7 Å². The SMILES string of the molecule is CN1C(=O)C(C(N)=O)C(O)c2ccccc21. The van der Waals surface area contributed by atoms with Crippen molar-refractivity contribution in [3.8, 4) is 0 Å². The first-order valence-electron chi connectivity index (χ1n) is 4.88. The Labute approximate surface area is 92.5 Å². The lowest BCUT2D eigenvalue weighted by Gasteiger charge is -2.33. The fourth-order valence-electron chi connectivity index (χ4n) is 1.96. The number of amides is 2. The molecule has 1 heterocycles. The predicted octanol–water partition coefficient (Wildman–Crippen LogP) is -0.202. The van der Waals surface area contributed by atoms with E-state index in [0.29, 0.717) is 11.3 Å². The second-order valence-electron chi connectivity index (χ2n) is 3.78. The van der Waals surface area contributed by atoms with E-state index in [1.165, 1.54) is 4.90 Å². The van der Waals surface area contributed by atoms with Crippen molar-refractivity contribution in [1.82, 2.24) is 0 Å². The van der Waals surface area contributed by atoms with Crippen LogP contribution in [0.5, 0.6) is 0 Å². The van der Waals surface area contributed by atoms with Crippen LogP contribution in [0.3, 0.4) is 0 Å². The minimum atomic E-state index is -1.19. The number of carbonyl (C=O) groups excluding carboxylic acids is 2. The van der Waals surface area contributed by atoms with Crippen LogP contribution in [0.4, 0.5) is 5.69 Å². The van der Waals surface area contributed by atoms with Crippen molar-refractivity contribution in [2.24, 2.45) is 11.7 Å². The van der Waals surface area contributed by atoms with E-state index in [-0.39, 0.29) is 0 Å². The van der Waals surface area contributed by atoms with Gasteiger partial charge in [0.15, 0.2) is 0 Å². The molecule has 0 radical (unpaired) electrons. The highest BCUT2D eigenvalue weighted by molar-refractivity contribution is 6.09. The fourth-order valence-corrected chi connectivity index (χ4v) is 1.96. The fraction of sp³-hybridized carbons (Fsp3) is 0.273. The highest BCUT2D eigenvalue weighted by atomic mass is 16.3. The van der Waals surface area contributed by atoms with Crippen molar-refractivity contribution >= 4 is 17.5 Å². The monoisotopic (exact) mass is 220 g/mol. The highest BCUT2D eigenvalue weighted by Crippen LogP contribution is 2.36. The molecule has 0 saturated heterocycles. The van der Waals surface area contributed by atoms with Crippen LogP contribution >= 0.6 is 0 Å². The largest absolute Gasteiger partial charge is 0.387 e. The first-order chi connectivity index (χ1) is 7.54. The summed E-state index contributed by atoms with van der Waals surface area (Å²) in [6.45, 7) is 0. The van der Waals surface area contributed by atoms with Gasteiger partial charge < -0.3 is 15.7 Å². The summed E-state index contributed by atoms with van der Waals surface area (Å²) in [6.07, 6.45) is -1.16. The number of primary amides is 1. The summed E-state index contributed by atoms with van der Waals surface area (Å²) >= 11 is 0. The molecule has 0 saturated carbocycles. The van der Waals surface area contributed by atoms with Gasteiger partial charge in [-0.3, -0.25) is 9.59 Å². The van der Waals surface area contributed by atoms with E-state index in [9.17, 15) is 14.7 Å². The predicted molar refractivity (Wildman–Crippen MR) is 57.5 cm³/mol. The van der Waals surface area contributed by atoms with Crippen LogP contribution in [0.2, 0.25) is 0 Å².